The van der Waals surface area contributed by atoms with E-state index < -0.39 is 5.97 Å². The van der Waals surface area contributed by atoms with Gasteiger partial charge in [-0.2, -0.15) is 0 Å². The maximum atomic E-state index is 10.6. The van der Waals surface area contributed by atoms with Gasteiger partial charge in [-0.15, -0.1) is 0 Å². The van der Waals surface area contributed by atoms with Crippen LogP contribution in [0.5, 0.6) is 11.5 Å². The number of benzene rings is 2. The molecule has 3 heteroatoms. The Morgan fingerprint density at radius 2 is 1.25 bits per heavy atom. The molecule has 0 aliphatic carbocycles. The van der Waals surface area contributed by atoms with E-state index >= 15 is 0 Å². The summed E-state index contributed by atoms with van der Waals surface area (Å²) in [7, 11) is 0. The molecule has 2 aromatic rings. The zero-order valence-electron chi connectivity index (χ0n) is 11.6. The smallest absolute Gasteiger partial charge is 0.391 e. The molecule has 0 atom stereocenters. The molecular formula is C17H18O3. The highest BCUT2D eigenvalue weighted by atomic mass is 16.8. The third-order valence-electron chi connectivity index (χ3n) is 2.49. The molecule has 2 rings (SSSR count). The number of hydrogen-bond acceptors (Lipinski definition) is 3. The normalized spacial score (nSPS) is 10.8. The van der Waals surface area contributed by atoms with Crippen LogP contribution < -0.4 is 9.47 Å². The third kappa shape index (κ3) is 4.14. The van der Waals surface area contributed by atoms with Crippen molar-refractivity contribution < 1.29 is 14.6 Å². The summed E-state index contributed by atoms with van der Waals surface area (Å²) in [5.41, 5.74) is 0.888. The van der Waals surface area contributed by atoms with Crippen molar-refractivity contribution in [3.8, 4) is 11.5 Å². The monoisotopic (exact) mass is 270 g/mol. The lowest BCUT2D eigenvalue weighted by Gasteiger charge is -2.26. The Bertz CT molecular complexity index is 516. The molecule has 2 aromatic carbocycles. The van der Waals surface area contributed by atoms with Crippen molar-refractivity contribution in [2.24, 2.45) is 0 Å². The molecule has 0 unspecified atom stereocenters. The molecule has 0 heterocycles. The number of para-hydroxylation sites is 2. The Labute approximate surface area is 119 Å². The first-order valence-corrected chi connectivity index (χ1v) is 6.44. The Morgan fingerprint density at radius 1 is 0.850 bits per heavy atom. The highest BCUT2D eigenvalue weighted by Gasteiger charge is 2.29. The van der Waals surface area contributed by atoms with Crippen LogP contribution in [0.25, 0.3) is 0 Å². The van der Waals surface area contributed by atoms with Gasteiger partial charge in [0.15, 0.2) is 0 Å². The minimum atomic E-state index is -1.83. The summed E-state index contributed by atoms with van der Waals surface area (Å²) in [4.78, 5) is 0. The fourth-order valence-corrected chi connectivity index (χ4v) is 1.76. The lowest BCUT2D eigenvalue weighted by molar-refractivity contribution is -0.234. The van der Waals surface area contributed by atoms with Crippen LogP contribution in [0.15, 0.2) is 72.3 Å². The molecule has 0 fully saturated rings. The molecule has 0 aromatic heterocycles. The summed E-state index contributed by atoms with van der Waals surface area (Å²) < 4.78 is 11.1. The molecule has 0 aliphatic rings. The zero-order valence-corrected chi connectivity index (χ0v) is 11.6. The van der Waals surface area contributed by atoms with Gasteiger partial charge in [0.05, 0.1) is 0 Å². The fraction of sp³-hybridized carbons (Fsp3) is 0.176. The van der Waals surface area contributed by atoms with Crippen molar-refractivity contribution >= 4 is 0 Å². The summed E-state index contributed by atoms with van der Waals surface area (Å²) in [5, 5.41) is 10.6. The number of allylic oxidation sites excluding steroid dienone is 1. The minimum absolute atomic E-state index is 0.531. The highest BCUT2D eigenvalue weighted by Crippen LogP contribution is 2.23. The van der Waals surface area contributed by atoms with Crippen molar-refractivity contribution in [1.82, 2.24) is 0 Å². The molecular weight excluding hydrogens is 252 g/mol. The predicted molar refractivity (Wildman–Crippen MR) is 78.5 cm³/mol. The predicted octanol–water partition coefficient (Wildman–Crippen LogP) is 3.76. The molecule has 104 valence electrons. The summed E-state index contributed by atoms with van der Waals surface area (Å²) in [6.07, 6.45) is 1.53. The lowest BCUT2D eigenvalue weighted by Crippen LogP contribution is -2.40. The van der Waals surface area contributed by atoms with Crippen LogP contribution in [0.1, 0.15) is 13.8 Å². The van der Waals surface area contributed by atoms with E-state index in [0.29, 0.717) is 11.5 Å². The zero-order chi connectivity index (χ0) is 14.4. The van der Waals surface area contributed by atoms with Gasteiger partial charge < -0.3 is 14.6 Å². The maximum Gasteiger partial charge on any atom is 0.391 e. The molecule has 0 amide bonds. The second-order valence-electron chi connectivity index (χ2n) is 4.68. The average Bonchev–Trinajstić information content (AvgIpc) is 2.39. The van der Waals surface area contributed by atoms with Crippen molar-refractivity contribution in [3.63, 3.8) is 0 Å². The quantitative estimate of drug-likeness (QED) is 0.664. The van der Waals surface area contributed by atoms with Crippen LogP contribution in [0.2, 0.25) is 0 Å². The third-order valence-corrected chi connectivity index (χ3v) is 2.49. The van der Waals surface area contributed by atoms with Gasteiger partial charge in [-0.3, -0.25) is 0 Å². The van der Waals surface area contributed by atoms with Crippen LogP contribution in [0.4, 0.5) is 0 Å². The van der Waals surface area contributed by atoms with Gasteiger partial charge in [0.1, 0.15) is 11.5 Å². The number of ether oxygens (including phenoxy) is 2. The molecule has 0 bridgehead atoms. The molecule has 0 saturated heterocycles. The van der Waals surface area contributed by atoms with Crippen molar-refractivity contribution in [3.05, 3.63) is 72.3 Å². The molecule has 0 aliphatic heterocycles. The molecule has 0 radical (unpaired) electrons. The van der Waals surface area contributed by atoms with E-state index in [1.807, 2.05) is 50.2 Å². The Hall–Kier alpha value is -2.26. The molecule has 3 nitrogen and oxygen atoms in total. The van der Waals surface area contributed by atoms with E-state index in [2.05, 4.69) is 0 Å². The molecule has 0 spiro atoms. The Balaban J connectivity index is 2.24. The van der Waals surface area contributed by atoms with Crippen LogP contribution in [0, 0.1) is 0 Å². The van der Waals surface area contributed by atoms with Crippen molar-refractivity contribution in [1.29, 1.82) is 0 Å². The van der Waals surface area contributed by atoms with Gasteiger partial charge in [0, 0.05) is 6.08 Å². The van der Waals surface area contributed by atoms with Crippen molar-refractivity contribution in [2.45, 2.75) is 19.8 Å². The van der Waals surface area contributed by atoms with Gasteiger partial charge in [-0.05, 0) is 38.1 Å². The van der Waals surface area contributed by atoms with E-state index in [1.165, 1.54) is 6.08 Å². The van der Waals surface area contributed by atoms with E-state index in [0.717, 1.165) is 5.57 Å². The van der Waals surface area contributed by atoms with E-state index in [4.69, 9.17) is 9.47 Å². The second-order valence-corrected chi connectivity index (χ2v) is 4.68. The first-order valence-electron chi connectivity index (χ1n) is 6.44. The van der Waals surface area contributed by atoms with Crippen LogP contribution >= 0.6 is 0 Å². The van der Waals surface area contributed by atoms with Gasteiger partial charge in [0.2, 0.25) is 0 Å². The van der Waals surface area contributed by atoms with E-state index in [9.17, 15) is 5.11 Å². The Morgan fingerprint density at radius 3 is 1.60 bits per heavy atom. The van der Waals surface area contributed by atoms with Gasteiger partial charge >= 0.3 is 5.97 Å². The molecule has 0 saturated carbocycles. The average molecular weight is 270 g/mol. The van der Waals surface area contributed by atoms with Gasteiger partial charge in [-0.1, -0.05) is 42.0 Å². The topological polar surface area (TPSA) is 38.7 Å². The largest absolute Gasteiger partial charge is 0.427 e. The molecule has 20 heavy (non-hydrogen) atoms. The van der Waals surface area contributed by atoms with Crippen molar-refractivity contribution in [2.75, 3.05) is 0 Å². The van der Waals surface area contributed by atoms with Crippen LogP contribution in [0.3, 0.4) is 0 Å². The first-order chi connectivity index (χ1) is 9.57. The standard InChI is InChI=1S/C17H18O3/c1-14(2)13-17(18,19-15-9-5-3-6-10-15)20-16-11-7-4-8-12-16/h3-13,18H,1-2H3. The SMILES string of the molecule is CC(C)=CC(O)(Oc1ccccc1)Oc1ccccc1. The van der Waals surface area contributed by atoms with Crippen LogP contribution in [-0.2, 0) is 0 Å². The van der Waals surface area contributed by atoms with Gasteiger partial charge in [0.25, 0.3) is 0 Å². The van der Waals surface area contributed by atoms with E-state index in [1.54, 1.807) is 24.3 Å². The molecule has 1 N–H and O–H groups in total. The summed E-state index contributed by atoms with van der Waals surface area (Å²) in [6.45, 7) is 3.74. The van der Waals surface area contributed by atoms with Gasteiger partial charge in [-0.25, -0.2) is 0 Å². The summed E-state index contributed by atoms with van der Waals surface area (Å²) >= 11 is 0. The second kappa shape index (κ2) is 6.26. The number of rotatable bonds is 5. The number of aliphatic hydroxyl groups is 1. The summed E-state index contributed by atoms with van der Waals surface area (Å²) in [5.74, 6) is -0.770. The van der Waals surface area contributed by atoms with Crippen LogP contribution in [-0.4, -0.2) is 11.1 Å². The van der Waals surface area contributed by atoms with E-state index in [-0.39, 0.29) is 0 Å². The summed E-state index contributed by atoms with van der Waals surface area (Å²) in [6, 6.07) is 18.1. The fourth-order valence-electron chi connectivity index (χ4n) is 1.76. The minimum Gasteiger partial charge on any atom is -0.427 e. The number of hydrogen-bond donors (Lipinski definition) is 1. The first kappa shape index (κ1) is 14.2. The maximum absolute atomic E-state index is 10.6. The lowest BCUT2D eigenvalue weighted by atomic mass is 10.3. The Kier molecular flexibility index (Phi) is 4.43. The highest BCUT2D eigenvalue weighted by molar-refractivity contribution is 5.25.